The van der Waals surface area contributed by atoms with Crippen LogP contribution in [0.4, 0.5) is 0 Å². The fraction of sp³-hybridized carbons (Fsp3) is 0.833. The third-order valence-corrected chi connectivity index (χ3v) is 3.37. The van der Waals surface area contributed by atoms with Crippen LogP contribution in [0.3, 0.4) is 0 Å². The number of nitrogens with zero attached hydrogens (tertiary/aromatic N) is 1. The van der Waals surface area contributed by atoms with Crippen molar-refractivity contribution in [3.63, 3.8) is 0 Å². The van der Waals surface area contributed by atoms with E-state index in [1.165, 1.54) is 4.90 Å². The molecule has 0 aromatic rings. The van der Waals surface area contributed by atoms with Gasteiger partial charge in [0.05, 0.1) is 0 Å². The maximum Gasteiger partial charge on any atom is 0.229 e. The minimum absolute atomic E-state index is 0.00169. The highest BCUT2D eigenvalue weighted by molar-refractivity contribution is 7.80. The molecule has 4 heteroatoms. The lowest BCUT2D eigenvalue weighted by atomic mass is 9.96. The predicted molar refractivity (Wildman–Crippen MR) is 67.4 cm³/mol. The molecule has 1 aliphatic rings. The number of carbonyl (C=O) groups excluding carboxylic acids is 2. The first-order chi connectivity index (χ1) is 7.54. The number of piperidine rings is 1. The van der Waals surface area contributed by atoms with E-state index in [1.807, 2.05) is 6.92 Å². The molecule has 1 fully saturated rings. The fourth-order valence-electron chi connectivity index (χ4n) is 1.99. The number of carbonyl (C=O) groups is 2. The van der Waals surface area contributed by atoms with E-state index >= 15 is 0 Å². The Morgan fingerprint density at radius 3 is 2.38 bits per heavy atom. The summed E-state index contributed by atoms with van der Waals surface area (Å²) in [5, 5.41) is 0. The summed E-state index contributed by atoms with van der Waals surface area (Å²) in [7, 11) is 0. The van der Waals surface area contributed by atoms with Crippen LogP contribution >= 0.6 is 12.6 Å². The van der Waals surface area contributed by atoms with Crippen LogP contribution in [-0.2, 0) is 9.59 Å². The average molecular weight is 243 g/mol. The molecule has 1 heterocycles. The molecule has 0 N–H and O–H groups in total. The lowest BCUT2D eigenvalue weighted by molar-refractivity contribution is -0.149. The molecular weight excluding hydrogens is 222 g/mol. The molecule has 0 aromatic heterocycles. The van der Waals surface area contributed by atoms with Crippen LogP contribution in [-0.4, -0.2) is 29.0 Å². The third kappa shape index (κ3) is 3.81. The Balaban J connectivity index is 2.41. The van der Waals surface area contributed by atoms with E-state index in [0.717, 1.165) is 18.6 Å². The van der Waals surface area contributed by atoms with Gasteiger partial charge in [0, 0.05) is 19.4 Å². The Hall–Kier alpha value is -0.510. The first-order valence-corrected chi connectivity index (χ1v) is 6.62. The number of rotatable bonds is 5. The van der Waals surface area contributed by atoms with Gasteiger partial charge in [-0.3, -0.25) is 14.5 Å². The van der Waals surface area contributed by atoms with Crippen LogP contribution in [0.5, 0.6) is 0 Å². The van der Waals surface area contributed by atoms with E-state index < -0.39 is 0 Å². The molecule has 1 unspecified atom stereocenters. The Labute approximate surface area is 103 Å². The zero-order valence-electron chi connectivity index (χ0n) is 10.1. The van der Waals surface area contributed by atoms with E-state index in [2.05, 4.69) is 19.6 Å². The van der Waals surface area contributed by atoms with E-state index in [0.29, 0.717) is 25.3 Å². The van der Waals surface area contributed by atoms with Crippen LogP contribution in [0.15, 0.2) is 0 Å². The van der Waals surface area contributed by atoms with Crippen LogP contribution < -0.4 is 0 Å². The molecule has 0 bridgehead atoms. The quantitative estimate of drug-likeness (QED) is 0.593. The van der Waals surface area contributed by atoms with Crippen molar-refractivity contribution in [2.24, 2.45) is 11.8 Å². The van der Waals surface area contributed by atoms with Crippen molar-refractivity contribution in [3.05, 3.63) is 0 Å². The second-order valence-electron chi connectivity index (χ2n) is 4.86. The van der Waals surface area contributed by atoms with Crippen molar-refractivity contribution >= 4 is 24.4 Å². The van der Waals surface area contributed by atoms with E-state index in [1.54, 1.807) is 0 Å². The summed E-state index contributed by atoms with van der Waals surface area (Å²) in [6.45, 7) is 4.67. The Bertz CT molecular complexity index is 250. The van der Waals surface area contributed by atoms with Crippen molar-refractivity contribution < 1.29 is 9.59 Å². The molecule has 0 spiro atoms. The Morgan fingerprint density at radius 2 is 1.88 bits per heavy atom. The molecule has 1 rings (SSSR count). The van der Waals surface area contributed by atoms with E-state index in [-0.39, 0.29) is 17.7 Å². The minimum atomic E-state index is 0.00169. The standard InChI is InChI=1S/C12H21NO2S/c1-9(4-6-16)3-5-13-11(14)7-10(2)8-12(13)15/h9-10,16H,3-8H2,1-2H3. The average Bonchev–Trinajstić information content (AvgIpc) is 2.16. The Morgan fingerprint density at radius 1 is 1.31 bits per heavy atom. The lowest BCUT2D eigenvalue weighted by Gasteiger charge is -2.29. The van der Waals surface area contributed by atoms with Gasteiger partial charge in [0.15, 0.2) is 0 Å². The zero-order valence-corrected chi connectivity index (χ0v) is 11.0. The van der Waals surface area contributed by atoms with Gasteiger partial charge in [0.2, 0.25) is 11.8 Å². The van der Waals surface area contributed by atoms with Gasteiger partial charge < -0.3 is 0 Å². The molecule has 0 radical (unpaired) electrons. The summed E-state index contributed by atoms with van der Waals surface area (Å²) in [5.74, 6) is 1.60. The molecule has 1 aliphatic heterocycles. The topological polar surface area (TPSA) is 37.4 Å². The molecular formula is C12H21NO2S. The molecule has 1 atom stereocenters. The second-order valence-corrected chi connectivity index (χ2v) is 5.31. The van der Waals surface area contributed by atoms with Crippen LogP contribution in [0.1, 0.15) is 39.5 Å². The summed E-state index contributed by atoms with van der Waals surface area (Å²) in [4.78, 5) is 24.8. The predicted octanol–water partition coefficient (Wildman–Crippen LogP) is 2.12. The maximum atomic E-state index is 11.7. The zero-order chi connectivity index (χ0) is 12.1. The van der Waals surface area contributed by atoms with Gasteiger partial charge in [0.25, 0.3) is 0 Å². The van der Waals surface area contributed by atoms with Crippen LogP contribution in [0, 0.1) is 11.8 Å². The summed E-state index contributed by atoms with van der Waals surface area (Å²) in [6, 6.07) is 0. The smallest absolute Gasteiger partial charge is 0.229 e. The first-order valence-electron chi connectivity index (χ1n) is 5.98. The van der Waals surface area contributed by atoms with Crippen LogP contribution in [0.25, 0.3) is 0 Å². The number of amides is 2. The largest absolute Gasteiger partial charge is 0.283 e. The maximum absolute atomic E-state index is 11.7. The van der Waals surface area contributed by atoms with Crippen molar-refractivity contribution in [2.75, 3.05) is 12.3 Å². The molecule has 0 aromatic carbocycles. The monoisotopic (exact) mass is 243 g/mol. The number of likely N-dealkylation sites (tertiary alicyclic amines) is 1. The molecule has 0 saturated carbocycles. The lowest BCUT2D eigenvalue weighted by Crippen LogP contribution is -2.43. The number of imide groups is 1. The number of hydrogen-bond acceptors (Lipinski definition) is 3. The minimum Gasteiger partial charge on any atom is -0.283 e. The molecule has 2 amide bonds. The van der Waals surface area contributed by atoms with Gasteiger partial charge >= 0.3 is 0 Å². The van der Waals surface area contributed by atoms with Gasteiger partial charge in [-0.1, -0.05) is 13.8 Å². The fourth-order valence-corrected chi connectivity index (χ4v) is 2.43. The van der Waals surface area contributed by atoms with Gasteiger partial charge in [-0.15, -0.1) is 0 Å². The third-order valence-electron chi connectivity index (χ3n) is 3.12. The van der Waals surface area contributed by atoms with Crippen molar-refractivity contribution in [3.8, 4) is 0 Å². The van der Waals surface area contributed by atoms with Gasteiger partial charge in [-0.2, -0.15) is 12.6 Å². The highest BCUT2D eigenvalue weighted by atomic mass is 32.1. The van der Waals surface area contributed by atoms with E-state index in [4.69, 9.17) is 0 Å². The normalized spacial score (nSPS) is 20.3. The highest BCUT2D eigenvalue weighted by Crippen LogP contribution is 2.20. The van der Waals surface area contributed by atoms with Crippen molar-refractivity contribution in [2.45, 2.75) is 39.5 Å². The summed E-state index contributed by atoms with van der Waals surface area (Å²) < 4.78 is 0. The Kier molecular flexibility index (Phi) is 5.32. The molecule has 16 heavy (non-hydrogen) atoms. The van der Waals surface area contributed by atoms with Crippen LogP contribution in [0.2, 0.25) is 0 Å². The highest BCUT2D eigenvalue weighted by Gasteiger charge is 2.29. The second kappa shape index (κ2) is 6.28. The van der Waals surface area contributed by atoms with Gasteiger partial charge in [0.1, 0.15) is 0 Å². The number of thiol groups is 1. The SMILES string of the molecule is CC(CCS)CCN1C(=O)CC(C)CC1=O. The molecule has 92 valence electrons. The van der Waals surface area contributed by atoms with Crippen molar-refractivity contribution in [1.82, 2.24) is 4.90 Å². The summed E-state index contributed by atoms with van der Waals surface area (Å²) in [6.07, 6.45) is 2.97. The van der Waals surface area contributed by atoms with E-state index in [9.17, 15) is 9.59 Å². The van der Waals surface area contributed by atoms with Crippen molar-refractivity contribution in [1.29, 1.82) is 0 Å². The summed E-state index contributed by atoms with van der Waals surface area (Å²) in [5.41, 5.74) is 0. The first kappa shape index (κ1) is 13.6. The molecule has 1 saturated heterocycles. The summed E-state index contributed by atoms with van der Waals surface area (Å²) >= 11 is 4.18. The van der Waals surface area contributed by atoms with Gasteiger partial charge in [-0.25, -0.2) is 0 Å². The van der Waals surface area contributed by atoms with Gasteiger partial charge in [-0.05, 0) is 30.4 Å². The molecule has 0 aliphatic carbocycles. The molecule has 3 nitrogen and oxygen atoms in total. The number of hydrogen-bond donors (Lipinski definition) is 1.